The fourth-order valence-corrected chi connectivity index (χ4v) is 1.55. The maximum absolute atomic E-state index is 10.9. The number of nitro groups is 1. The van der Waals surface area contributed by atoms with Gasteiger partial charge >= 0.3 is 5.82 Å². The minimum absolute atomic E-state index is 0.122. The summed E-state index contributed by atoms with van der Waals surface area (Å²) in [4.78, 5) is 14.3. The Morgan fingerprint density at radius 3 is 2.41 bits per heavy atom. The maximum Gasteiger partial charge on any atom is 0.371 e. The van der Waals surface area contributed by atoms with Crippen LogP contribution < -0.4 is 0 Å². The van der Waals surface area contributed by atoms with Gasteiger partial charge in [0, 0.05) is 6.92 Å². The van der Waals surface area contributed by atoms with Crippen molar-refractivity contribution in [2.45, 2.75) is 6.92 Å². The van der Waals surface area contributed by atoms with Gasteiger partial charge < -0.3 is 15.2 Å². The van der Waals surface area contributed by atoms with Gasteiger partial charge in [0.2, 0.25) is 0 Å². The van der Waals surface area contributed by atoms with E-state index in [1.54, 1.807) is 31.2 Å². The van der Waals surface area contributed by atoms with Crippen LogP contribution >= 0.6 is 0 Å². The molecule has 17 heavy (non-hydrogen) atoms. The maximum atomic E-state index is 10.9. The van der Waals surface area contributed by atoms with Crippen molar-refractivity contribution in [3.05, 3.63) is 52.2 Å². The number of phenolic OH excluding ortho intramolecular Hbond substituents is 1. The number of hydrogen-bond acceptors (Lipinski definition) is 4. The van der Waals surface area contributed by atoms with E-state index >= 15 is 0 Å². The molecule has 86 valence electrons. The Balaban J connectivity index is 2.58. The lowest BCUT2D eigenvalue weighted by Crippen LogP contribution is -1.96. The lowest BCUT2D eigenvalue weighted by molar-refractivity contribution is -0.388. The van der Waals surface area contributed by atoms with Crippen molar-refractivity contribution in [1.29, 1.82) is 0 Å². The molecule has 5 nitrogen and oxygen atoms in total. The van der Waals surface area contributed by atoms with Crippen LogP contribution in [0.3, 0.4) is 0 Å². The van der Waals surface area contributed by atoms with E-state index in [-0.39, 0.29) is 11.6 Å². The van der Waals surface area contributed by atoms with Gasteiger partial charge in [0.25, 0.3) is 0 Å². The van der Waals surface area contributed by atoms with Gasteiger partial charge in [-0.2, -0.15) is 0 Å². The second-order valence-corrected chi connectivity index (χ2v) is 3.63. The number of aryl methyl sites for hydroxylation is 1. The Bertz CT molecular complexity index is 564. The van der Waals surface area contributed by atoms with Crippen molar-refractivity contribution in [2.75, 3.05) is 0 Å². The highest BCUT2D eigenvalue weighted by Gasteiger charge is 2.17. The summed E-state index contributed by atoms with van der Waals surface area (Å²) in [5.41, 5.74) is 1.70. The molecule has 0 bridgehead atoms. The Morgan fingerprint density at radius 2 is 1.82 bits per heavy atom. The summed E-state index contributed by atoms with van der Waals surface area (Å²) >= 11 is 0. The lowest BCUT2D eigenvalue weighted by Gasteiger charge is -2.03. The molecule has 0 unspecified atom stereocenters. The van der Waals surface area contributed by atoms with Crippen LogP contribution in [0.1, 0.15) is 5.69 Å². The molecule has 0 atom stereocenters. The van der Waals surface area contributed by atoms with Crippen molar-refractivity contribution in [3.8, 4) is 16.9 Å². The van der Waals surface area contributed by atoms with Crippen molar-refractivity contribution in [2.24, 2.45) is 0 Å². The third-order valence-corrected chi connectivity index (χ3v) is 2.37. The van der Waals surface area contributed by atoms with Gasteiger partial charge in [-0.05, 0) is 39.7 Å². The van der Waals surface area contributed by atoms with Crippen molar-refractivity contribution >= 4 is 5.82 Å². The summed E-state index contributed by atoms with van der Waals surface area (Å²) in [6, 6.07) is 9.59. The number of benzene rings is 1. The molecule has 1 heterocycles. The molecule has 0 fully saturated rings. The number of pyridine rings is 1. The first-order chi connectivity index (χ1) is 8.08. The first-order valence-corrected chi connectivity index (χ1v) is 4.99. The molecule has 0 saturated heterocycles. The van der Waals surface area contributed by atoms with Gasteiger partial charge in [-0.25, -0.2) is 0 Å². The van der Waals surface area contributed by atoms with E-state index in [9.17, 15) is 15.2 Å². The molecule has 2 rings (SSSR count). The Morgan fingerprint density at radius 1 is 1.18 bits per heavy atom. The van der Waals surface area contributed by atoms with Gasteiger partial charge in [-0.3, -0.25) is 0 Å². The lowest BCUT2D eigenvalue weighted by atomic mass is 10.1. The summed E-state index contributed by atoms with van der Waals surface area (Å²) in [6.45, 7) is 1.70. The van der Waals surface area contributed by atoms with E-state index in [1.165, 1.54) is 12.1 Å². The van der Waals surface area contributed by atoms with Crippen LogP contribution in [0.4, 0.5) is 5.82 Å². The second-order valence-electron chi connectivity index (χ2n) is 3.63. The van der Waals surface area contributed by atoms with E-state index in [2.05, 4.69) is 4.98 Å². The highest BCUT2D eigenvalue weighted by Crippen LogP contribution is 2.29. The Kier molecular flexibility index (Phi) is 2.74. The fourth-order valence-electron chi connectivity index (χ4n) is 1.55. The normalized spacial score (nSPS) is 10.2. The van der Waals surface area contributed by atoms with Crippen molar-refractivity contribution in [1.82, 2.24) is 4.98 Å². The molecule has 5 heteroatoms. The van der Waals surface area contributed by atoms with Crippen molar-refractivity contribution < 1.29 is 10.0 Å². The minimum atomic E-state index is -0.505. The monoisotopic (exact) mass is 230 g/mol. The second kappa shape index (κ2) is 4.21. The zero-order chi connectivity index (χ0) is 12.4. The van der Waals surface area contributed by atoms with E-state index < -0.39 is 4.92 Å². The average Bonchev–Trinajstić information content (AvgIpc) is 2.30. The van der Waals surface area contributed by atoms with Crippen LogP contribution in [0, 0.1) is 17.0 Å². The van der Waals surface area contributed by atoms with Crippen LogP contribution in [0.5, 0.6) is 5.75 Å². The highest BCUT2D eigenvalue weighted by molar-refractivity contribution is 5.71. The molecule has 1 aromatic carbocycles. The van der Waals surface area contributed by atoms with Gasteiger partial charge in [0.1, 0.15) is 11.4 Å². The molecule has 2 aromatic rings. The minimum Gasteiger partial charge on any atom is -0.508 e. The Labute approximate surface area is 97.5 Å². The predicted molar refractivity (Wildman–Crippen MR) is 62.7 cm³/mol. The molecule has 0 aliphatic rings. The van der Waals surface area contributed by atoms with E-state index in [0.717, 1.165) is 0 Å². The molecule has 0 spiro atoms. The first kappa shape index (κ1) is 11.1. The molecule has 0 amide bonds. The molecule has 0 aliphatic carbocycles. The highest BCUT2D eigenvalue weighted by atomic mass is 16.6. The molecule has 1 N–H and O–H groups in total. The van der Waals surface area contributed by atoms with Crippen LogP contribution in [0.2, 0.25) is 0 Å². The summed E-state index contributed by atoms with van der Waals surface area (Å²) in [5.74, 6) is -0.0489. The Hall–Kier alpha value is -2.43. The number of hydrogen-bond donors (Lipinski definition) is 1. The smallest absolute Gasteiger partial charge is 0.371 e. The number of aromatic hydroxyl groups is 1. The molecular formula is C12H10N2O3. The van der Waals surface area contributed by atoms with Gasteiger partial charge in [-0.15, -0.1) is 0 Å². The van der Waals surface area contributed by atoms with Gasteiger partial charge in [0.15, 0.2) is 0 Å². The van der Waals surface area contributed by atoms with E-state index in [4.69, 9.17) is 0 Å². The molecule has 1 aromatic heterocycles. The molecule has 0 saturated carbocycles. The molecule has 0 aliphatic heterocycles. The number of nitrogens with zero attached hydrogens (tertiary/aromatic N) is 2. The summed E-state index contributed by atoms with van der Waals surface area (Å²) in [5, 5.41) is 20.1. The van der Waals surface area contributed by atoms with Crippen molar-refractivity contribution in [3.63, 3.8) is 0 Å². The van der Waals surface area contributed by atoms with Crippen LogP contribution in [-0.2, 0) is 0 Å². The zero-order valence-corrected chi connectivity index (χ0v) is 9.12. The van der Waals surface area contributed by atoms with E-state index in [1.807, 2.05) is 0 Å². The molecule has 0 radical (unpaired) electrons. The summed E-state index contributed by atoms with van der Waals surface area (Å²) in [7, 11) is 0. The number of phenols is 1. The first-order valence-electron chi connectivity index (χ1n) is 4.99. The predicted octanol–water partition coefficient (Wildman–Crippen LogP) is 2.67. The van der Waals surface area contributed by atoms with Gasteiger partial charge in [-0.1, -0.05) is 12.1 Å². The van der Waals surface area contributed by atoms with Gasteiger partial charge in [0.05, 0.1) is 5.56 Å². The summed E-state index contributed by atoms with van der Waals surface area (Å²) in [6.07, 6.45) is 0. The summed E-state index contributed by atoms with van der Waals surface area (Å²) < 4.78 is 0. The number of aromatic nitrogens is 1. The fraction of sp³-hybridized carbons (Fsp3) is 0.0833. The topological polar surface area (TPSA) is 76.3 Å². The third-order valence-electron chi connectivity index (χ3n) is 2.37. The quantitative estimate of drug-likeness (QED) is 0.635. The third kappa shape index (κ3) is 2.23. The largest absolute Gasteiger partial charge is 0.508 e. The molecular weight excluding hydrogens is 220 g/mol. The average molecular weight is 230 g/mol. The number of rotatable bonds is 2. The standard InChI is InChI=1S/C12H10N2O3/c1-8-2-7-11(12(13-8)14(16)17)9-3-5-10(15)6-4-9/h2-7,15H,1H3. The van der Waals surface area contributed by atoms with Crippen LogP contribution in [-0.4, -0.2) is 15.0 Å². The van der Waals surface area contributed by atoms with Crippen LogP contribution in [0.25, 0.3) is 11.1 Å². The van der Waals surface area contributed by atoms with Crippen LogP contribution in [0.15, 0.2) is 36.4 Å². The van der Waals surface area contributed by atoms with E-state index in [0.29, 0.717) is 16.8 Å². The zero-order valence-electron chi connectivity index (χ0n) is 9.12. The SMILES string of the molecule is Cc1ccc(-c2ccc(O)cc2)c([N+](=O)[O-])n1.